The molecule has 0 aliphatic heterocycles. The van der Waals surface area contributed by atoms with Crippen LogP contribution in [0.5, 0.6) is 0 Å². The molecule has 1 N–H and O–H groups in total. The Kier molecular flexibility index (Phi) is 7.38. The van der Waals surface area contributed by atoms with E-state index in [4.69, 9.17) is 4.74 Å². The SMILES string of the molecule is CC[C@H]1CC23C4CCC(CCCCOC(=O)NSc5ccc(C(C)(C)C)cc5)C4(C)CC[C@@H]2C32CCCCC12. The van der Waals surface area contributed by atoms with Crippen molar-refractivity contribution in [3.63, 3.8) is 0 Å². The Bertz CT molecular complexity index is 1050. The number of hydrogen-bond acceptors (Lipinski definition) is 3. The Morgan fingerprint density at radius 3 is 2.54 bits per heavy atom. The van der Waals surface area contributed by atoms with Crippen molar-refractivity contribution in [2.24, 2.45) is 45.8 Å². The normalized spacial score (nSPS) is 40.3. The van der Waals surface area contributed by atoms with Crippen molar-refractivity contribution in [2.45, 2.75) is 128 Å². The van der Waals surface area contributed by atoms with Gasteiger partial charge in [0.1, 0.15) is 0 Å². The van der Waals surface area contributed by atoms with Crippen molar-refractivity contribution in [2.75, 3.05) is 6.61 Å². The molecule has 39 heavy (non-hydrogen) atoms. The second-order valence-corrected chi connectivity index (χ2v) is 16.2. The van der Waals surface area contributed by atoms with E-state index in [1.165, 1.54) is 75.3 Å². The van der Waals surface area contributed by atoms with Gasteiger partial charge in [0.25, 0.3) is 0 Å². The molecule has 5 aliphatic carbocycles. The molecule has 5 fully saturated rings. The summed E-state index contributed by atoms with van der Waals surface area (Å²) in [5, 5.41) is 0. The zero-order valence-corrected chi connectivity index (χ0v) is 26.1. The van der Waals surface area contributed by atoms with Crippen LogP contribution in [0, 0.1) is 45.8 Å². The van der Waals surface area contributed by atoms with Gasteiger partial charge in [-0.1, -0.05) is 66.0 Å². The minimum absolute atomic E-state index is 0.138. The smallest absolute Gasteiger partial charge is 0.417 e. The number of unbranched alkanes of at least 4 members (excludes halogenated alkanes) is 1. The summed E-state index contributed by atoms with van der Waals surface area (Å²) in [6, 6.07) is 8.42. The number of carbonyl (C=O) groups is 1. The molecule has 1 amide bonds. The van der Waals surface area contributed by atoms with E-state index in [0.29, 0.717) is 12.0 Å². The van der Waals surface area contributed by atoms with Gasteiger partial charge in [0.05, 0.1) is 6.61 Å². The van der Waals surface area contributed by atoms with Crippen LogP contribution in [0.1, 0.15) is 124 Å². The lowest BCUT2D eigenvalue weighted by Gasteiger charge is -2.46. The number of benzene rings is 1. The number of carbonyl (C=O) groups excluding carboxylic acids is 1. The van der Waals surface area contributed by atoms with E-state index in [-0.39, 0.29) is 11.5 Å². The van der Waals surface area contributed by atoms with Crippen LogP contribution >= 0.6 is 11.9 Å². The highest BCUT2D eigenvalue weighted by atomic mass is 32.2. The molecule has 0 heterocycles. The highest BCUT2D eigenvalue weighted by Crippen LogP contribution is 2.92. The highest BCUT2D eigenvalue weighted by molar-refractivity contribution is 7.98. The van der Waals surface area contributed by atoms with Crippen molar-refractivity contribution in [3.05, 3.63) is 29.8 Å². The third-order valence-corrected chi connectivity index (χ3v) is 13.8. The maximum Gasteiger partial charge on any atom is 0.417 e. The van der Waals surface area contributed by atoms with Gasteiger partial charge in [0.2, 0.25) is 0 Å². The molecule has 2 spiro atoms. The van der Waals surface area contributed by atoms with Crippen molar-refractivity contribution < 1.29 is 9.53 Å². The standard InChI is InChI=1S/C35H53NO2S/c1-6-24-23-35-29-18-15-26(33(29,5)21-19-30(35)34(35)20-9-7-12-28(24)34)11-8-10-22-38-31(37)36-39-27-16-13-25(14-17-27)32(2,3)4/h13-14,16-17,24,26,28-30H,6-12,15,18-23H2,1-5H3,(H,36,37)/t24-,26?,28?,29?,30+,33?,34?,35?/m0/s1. The molecule has 4 heteroatoms. The van der Waals surface area contributed by atoms with Gasteiger partial charge in [-0.05, 0) is 145 Å². The summed E-state index contributed by atoms with van der Waals surface area (Å²) in [6.45, 7) is 12.4. The number of ether oxygens (including phenoxy) is 1. The Balaban J connectivity index is 0.960. The zero-order chi connectivity index (χ0) is 27.5. The summed E-state index contributed by atoms with van der Waals surface area (Å²) in [4.78, 5) is 13.3. The summed E-state index contributed by atoms with van der Waals surface area (Å²) in [6.07, 6.45) is 18.2. The summed E-state index contributed by atoms with van der Waals surface area (Å²) in [5.41, 5.74) is 3.48. The first kappa shape index (κ1) is 28.0. The zero-order valence-electron chi connectivity index (χ0n) is 25.3. The van der Waals surface area contributed by atoms with Crippen LogP contribution in [0.15, 0.2) is 29.2 Å². The Labute approximate surface area is 242 Å². The molecular weight excluding hydrogens is 498 g/mol. The second kappa shape index (κ2) is 10.3. The maximum atomic E-state index is 12.3. The fourth-order valence-corrected chi connectivity index (χ4v) is 12.0. The first-order chi connectivity index (χ1) is 18.7. The third kappa shape index (κ3) is 4.40. The summed E-state index contributed by atoms with van der Waals surface area (Å²) >= 11 is 1.34. The fraction of sp³-hybridized carbons (Fsp3) is 0.800. The van der Waals surface area contributed by atoms with Crippen LogP contribution in [0.3, 0.4) is 0 Å². The molecule has 8 atom stereocenters. The molecule has 0 bridgehead atoms. The first-order valence-corrected chi connectivity index (χ1v) is 17.2. The predicted octanol–water partition coefficient (Wildman–Crippen LogP) is 9.94. The molecule has 5 aliphatic rings. The van der Waals surface area contributed by atoms with Gasteiger partial charge in [-0.15, -0.1) is 0 Å². The largest absolute Gasteiger partial charge is 0.449 e. The molecule has 0 radical (unpaired) electrons. The average molecular weight is 552 g/mol. The van der Waals surface area contributed by atoms with Crippen LogP contribution in [-0.4, -0.2) is 12.7 Å². The molecular formula is C35H53NO2S. The molecule has 6 rings (SSSR count). The molecule has 0 aromatic heterocycles. The molecule has 0 saturated heterocycles. The van der Waals surface area contributed by atoms with Crippen LogP contribution in [0.4, 0.5) is 4.79 Å². The fourth-order valence-electron chi connectivity index (χ4n) is 11.5. The summed E-state index contributed by atoms with van der Waals surface area (Å²) < 4.78 is 8.38. The maximum absolute atomic E-state index is 12.3. The number of rotatable bonds is 8. The average Bonchev–Trinajstić information content (AvgIpc) is 3.15. The number of fused-ring (bicyclic) bond motifs is 1. The van der Waals surface area contributed by atoms with E-state index in [0.717, 1.165) is 51.7 Å². The van der Waals surface area contributed by atoms with E-state index in [2.05, 4.69) is 63.6 Å². The van der Waals surface area contributed by atoms with Gasteiger partial charge in [0.15, 0.2) is 0 Å². The van der Waals surface area contributed by atoms with Crippen molar-refractivity contribution in [1.29, 1.82) is 0 Å². The van der Waals surface area contributed by atoms with E-state index in [9.17, 15) is 4.79 Å². The monoisotopic (exact) mass is 551 g/mol. The van der Waals surface area contributed by atoms with Crippen molar-refractivity contribution in [3.8, 4) is 0 Å². The molecule has 6 unspecified atom stereocenters. The van der Waals surface area contributed by atoms with E-state index in [1.807, 2.05) is 0 Å². The van der Waals surface area contributed by atoms with E-state index < -0.39 is 0 Å². The van der Waals surface area contributed by atoms with Gasteiger partial charge >= 0.3 is 6.09 Å². The van der Waals surface area contributed by atoms with Gasteiger partial charge in [-0.25, -0.2) is 4.79 Å². The van der Waals surface area contributed by atoms with Gasteiger partial charge < -0.3 is 4.74 Å². The van der Waals surface area contributed by atoms with Crippen LogP contribution in [0.2, 0.25) is 0 Å². The minimum atomic E-state index is -0.321. The highest BCUT2D eigenvalue weighted by Gasteiger charge is 2.86. The quantitative estimate of drug-likeness (QED) is 0.258. The molecule has 3 nitrogen and oxygen atoms in total. The Morgan fingerprint density at radius 1 is 1.00 bits per heavy atom. The molecule has 5 saturated carbocycles. The van der Waals surface area contributed by atoms with Gasteiger partial charge in [-0.2, -0.15) is 0 Å². The van der Waals surface area contributed by atoms with Crippen LogP contribution in [-0.2, 0) is 10.2 Å². The van der Waals surface area contributed by atoms with E-state index >= 15 is 0 Å². The third-order valence-electron chi connectivity index (χ3n) is 13.0. The van der Waals surface area contributed by atoms with E-state index in [1.54, 1.807) is 19.3 Å². The molecule has 1 aromatic rings. The van der Waals surface area contributed by atoms with Crippen molar-refractivity contribution in [1.82, 2.24) is 4.72 Å². The second-order valence-electron chi connectivity index (χ2n) is 15.3. The Morgan fingerprint density at radius 2 is 1.79 bits per heavy atom. The van der Waals surface area contributed by atoms with Gasteiger partial charge in [-0.3, -0.25) is 4.72 Å². The minimum Gasteiger partial charge on any atom is -0.449 e. The summed E-state index contributed by atoms with van der Waals surface area (Å²) in [7, 11) is 0. The topological polar surface area (TPSA) is 38.3 Å². The predicted molar refractivity (Wildman–Crippen MR) is 162 cm³/mol. The molecule has 216 valence electrons. The number of amides is 1. The number of hydrogen-bond donors (Lipinski definition) is 1. The molecule has 1 aromatic carbocycles. The lowest BCUT2D eigenvalue weighted by molar-refractivity contribution is 0.0268. The Hall–Kier alpha value is -1.16. The number of nitrogens with one attached hydrogen (secondary N) is 1. The lowest BCUT2D eigenvalue weighted by atomic mass is 9.59. The van der Waals surface area contributed by atoms with Crippen LogP contribution < -0.4 is 4.72 Å². The van der Waals surface area contributed by atoms with Crippen LogP contribution in [0.25, 0.3) is 0 Å². The van der Waals surface area contributed by atoms with Crippen molar-refractivity contribution >= 4 is 18.0 Å². The summed E-state index contributed by atoms with van der Waals surface area (Å²) in [5.74, 6) is 5.02. The van der Waals surface area contributed by atoms with Gasteiger partial charge in [0, 0.05) is 4.90 Å². The first-order valence-electron chi connectivity index (χ1n) is 16.4. The lowest BCUT2D eigenvalue weighted by Crippen LogP contribution is -2.39.